The topological polar surface area (TPSA) is 50.1 Å². The van der Waals surface area contributed by atoms with Crippen LogP contribution < -0.4 is 0 Å². The molecule has 0 heterocycles. The number of rotatable bonds is 2. The quantitative estimate of drug-likeness (QED) is 0.622. The van der Waals surface area contributed by atoms with Crippen LogP contribution >= 0.6 is 22.6 Å². The van der Waals surface area contributed by atoms with Gasteiger partial charge in [-0.15, -0.1) is 0 Å². The Bertz CT molecular complexity index is 396. The minimum absolute atomic E-state index is 0.315. The van der Waals surface area contributed by atoms with Gasteiger partial charge in [-0.25, -0.2) is 4.79 Å². The second kappa shape index (κ2) is 4.96. The zero-order chi connectivity index (χ0) is 10.6. The number of carbonyl (C=O) groups excluding carboxylic acids is 1. The fourth-order valence-corrected chi connectivity index (χ4v) is 1.64. The van der Waals surface area contributed by atoms with E-state index in [0.717, 1.165) is 3.57 Å². The van der Waals surface area contributed by atoms with Gasteiger partial charge in [0.1, 0.15) is 6.07 Å². The predicted molar refractivity (Wildman–Crippen MR) is 59.8 cm³/mol. The third-order valence-corrected chi connectivity index (χ3v) is 2.52. The molecule has 1 rings (SSSR count). The summed E-state index contributed by atoms with van der Waals surface area (Å²) in [6.07, 6.45) is 0. The first-order chi connectivity index (χ1) is 6.70. The summed E-state index contributed by atoms with van der Waals surface area (Å²) in [5.74, 6) is -0.442. The second-order valence-electron chi connectivity index (χ2n) is 2.49. The molecule has 0 N–H and O–H groups in total. The monoisotopic (exact) mass is 301 g/mol. The number of benzene rings is 1. The van der Waals surface area contributed by atoms with Crippen LogP contribution in [0.1, 0.15) is 22.8 Å². The first-order valence-electron chi connectivity index (χ1n) is 4.06. The fraction of sp³-hybridized carbons (Fsp3) is 0.200. The standard InChI is InChI=1S/C10H8INO2/c1-2-14-10(13)7-4-3-5-9(11)8(7)6-12/h3-5H,2H2,1H3. The molecule has 14 heavy (non-hydrogen) atoms. The highest BCUT2D eigenvalue weighted by molar-refractivity contribution is 14.1. The molecule has 0 saturated carbocycles. The number of nitriles is 1. The number of hydrogen-bond donors (Lipinski definition) is 0. The average molecular weight is 301 g/mol. The van der Waals surface area contributed by atoms with Crippen LogP contribution in [0.5, 0.6) is 0 Å². The van der Waals surface area contributed by atoms with Crippen molar-refractivity contribution in [3.63, 3.8) is 0 Å². The highest BCUT2D eigenvalue weighted by Gasteiger charge is 2.13. The summed E-state index contributed by atoms with van der Waals surface area (Å²) in [5.41, 5.74) is 0.716. The molecule has 0 aliphatic carbocycles. The van der Waals surface area contributed by atoms with Crippen LogP contribution in [0.25, 0.3) is 0 Å². The van der Waals surface area contributed by atoms with Gasteiger partial charge in [0.25, 0.3) is 0 Å². The molecule has 0 spiro atoms. The Balaban J connectivity index is 3.15. The first-order valence-corrected chi connectivity index (χ1v) is 5.14. The van der Waals surface area contributed by atoms with Gasteiger partial charge in [-0.3, -0.25) is 0 Å². The van der Waals surface area contributed by atoms with E-state index in [0.29, 0.717) is 17.7 Å². The molecule has 1 aromatic rings. The van der Waals surface area contributed by atoms with Gasteiger partial charge in [0, 0.05) is 3.57 Å². The molecule has 0 amide bonds. The van der Waals surface area contributed by atoms with Crippen molar-refractivity contribution in [2.45, 2.75) is 6.92 Å². The van der Waals surface area contributed by atoms with Gasteiger partial charge in [-0.1, -0.05) is 6.07 Å². The summed E-state index contributed by atoms with van der Waals surface area (Å²) in [6, 6.07) is 7.10. The van der Waals surface area contributed by atoms with E-state index < -0.39 is 5.97 Å². The van der Waals surface area contributed by atoms with Crippen molar-refractivity contribution in [1.82, 2.24) is 0 Å². The molecule has 4 heteroatoms. The van der Waals surface area contributed by atoms with Crippen molar-refractivity contribution < 1.29 is 9.53 Å². The summed E-state index contributed by atoms with van der Waals surface area (Å²) in [4.78, 5) is 11.4. The molecule has 72 valence electrons. The van der Waals surface area contributed by atoms with Crippen molar-refractivity contribution in [1.29, 1.82) is 5.26 Å². The van der Waals surface area contributed by atoms with E-state index >= 15 is 0 Å². The normalized spacial score (nSPS) is 9.21. The van der Waals surface area contributed by atoms with Crippen molar-refractivity contribution in [3.05, 3.63) is 32.9 Å². The average Bonchev–Trinajstić information content (AvgIpc) is 2.17. The van der Waals surface area contributed by atoms with E-state index in [2.05, 4.69) is 0 Å². The van der Waals surface area contributed by atoms with Gasteiger partial charge < -0.3 is 4.74 Å². The van der Waals surface area contributed by atoms with Gasteiger partial charge >= 0.3 is 5.97 Å². The molecule has 0 aromatic heterocycles. The van der Waals surface area contributed by atoms with Crippen LogP contribution in [0.2, 0.25) is 0 Å². The lowest BCUT2D eigenvalue weighted by atomic mass is 10.1. The van der Waals surface area contributed by atoms with E-state index in [-0.39, 0.29) is 0 Å². The summed E-state index contributed by atoms with van der Waals surface area (Å²) < 4.78 is 5.59. The Hall–Kier alpha value is -1.09. The highest BCUT2D eigenvalue weighted by atomic mass is 127. The molecule has 0 saturated heterocycles. The first kappa shape index (κ1) is 11.0. The summed E-state index contributed by atoms with van der Waals surface area (Å²) in [5, 5.41) is 8.85. The third-order valence-electron chi connectivity index (χ3n) is 1.62. The van der Waals surface area contributed by atoms with E-state index in [9.17, 15) is 4.79 Å². The minimum atomic E-state index is -0.442. The smallest absolute Gasteiger partial charge is 0.339 e. The molecule has 0 fully saturated rings. The molecule has 3 nitrogen and oxygen atoms in total. The Morgan fingerprint density at radius 1 is 1.64 bits per heavy atom. The number of esters is 1. The van der Waals surface area contributed by atoms with Gasteiger partial charge in [0.2, 0.25) is 0 Å². The van der Waals surface area contributed by atoms with E-state index in [4.69, 9.17) is 10.00 Å². The van der Waals surface area contributed by atoms with Gasteiger partial charge in [0.05, 0.1) is 17.7 Å². The maximum Gasteiger partial charge on any atom is 0.339 e. The SMILES string of the molecule is CCOC(=O)c1cccc(I)c1C#N. The lowest BCUT2D eigenvalue weighted by Crippen LogP contribution is -2.07. The van der Waals surface area contributed by atoms with Crippen molar-refractivity contribution in [2.75, 3.05) is 6.61 Å². The van der Waals surface area contributed by atoms with E-state index in [1.165, 1.54) is 0 Å². The molecule has 1 aromatic carbocycles. The number of hydrogen-bond acceptors (Lipinski definition) is 3. The van der Waals surface area contributed by atoms with E-state index in [1.807, 2.05) is 28.7 Å². The van der Waals surface area contributed by atoms with Gasteiger partial charge in [-0.05, 0) is 41.6 Å². The Morgan fingerprint density at radius 3 is 2.93 bits per heavy atom. The van der Waals surface area contributed by atoms with Crippen LogP contribution in [0, 0.1) is 14.9 Å². The molecule has 0 aliphatic heterocycles. The van der Waals surface area contributed by atoms with Crippen molar-refractivity contribution in [3.8, 4) is 6.07 Å². The summed E-state index contributed by atoms with van der Waals surface area (Å²) in [7, 11) is 0. The fourth-order valence-electron chi connectivity index (χ4n) is 1.02. The Kier molecular flexibility index (Phi) is 3.89. The molecular weight excluding hydrogens is 293 g/mol. The van der Waals surface area contributed by atoms with E-state index in [1.54, 1.807) is 25.1 Å². The highest BCUT2D eigenvalue weighted by Crippen LogP contribution is 2.16. The molecule has 0 unspecified atom stereocenters. The lowest BCUT2D eigenvalue weighted by molar-refractivity contribution is 0.0526. The third kappa shape index (κ3) is 2.23. The molecule has 0 radical (unpaired) electrons. The summed E-state index contributed by atoms with van der Waals surface area (Å²) >= 11 is 2.02. The lowest BCUT2D eigenvalue weighted by Gasteiger charge is -2.04. The van der Waals surface area contributed by atoms with Crippen molar-refractivity contribution >= 4 is 28.6 Å². The van der Waals surface area contributed by atoms with Gasteiger partial charge in [-0.2, -0.15) is 5.26 Å². The van der Waals surface area contributed by atoms with Crippen molar-refractivity contribution in [2.24, 2.45) is 0 Å². The number of halogens is 1. The molecule has 0 aliphatic rings. The minimum Gasteiger partial charge on any atom is -0.462 e. The molecular formula is C10H8INO2. The maximum absolute atomic E-state index is 11.4. The molecule has 0 atom stereocenters. The predicted octanol–water partition coefficient (Wildman–Crippen LogP) is 2.34. The zero-order valence-corrected chi connectivity index (χ0v) is 9.74. The largest absolute Gasteiger partial charge is 0.462 e. The maximum atomic E-state index is 11.4. The Morgan fingerprint density at radius 2 is 2.36 bits per heavy atom. The second-order valence-corrected chi connectivity index (χ2v) is 3.66. The van der Waals surface area contributed by atoms with Crippen LogP contribution in [0.15, 0.2) is 18.2 Å². The Labute approximate surface area is 95.8 Å². The van der Waals surface area contributed by atoms with Crippen LogP contribution in [-0.4, -0.2) is 12.6 Å². The van der Waals surface area contributed by atoms with Crippen LogP contribution in [0.4, 0.5) is 0 Å². The molecule has 0 bridgehead atoms. The zero-order valence-electron chi connectivity index (χ0n) is 7.58. The number of carbonyl (C=O) groups is 1. The number of ether oxygens (including phenoxy) is 1. The van der Waals surface area contributed by atoms with Gasteiger partial charge in [0.15, 0.2) is 0 Å². The van der Waals surface area contributed by atoms with Crippen LogP contribution in [0.3, 0.4) is 0 Å². The summed E-state index contributed by atoms with van der Waals surface area (Å²) in [6.45, 7) is 2.05. The van der Waals surface area contributed by atoms with Crippen LogP contribution in [-0.2, 0) is 4.74 Å². The number of nitrogens with zero attached hydrogens (tertiary/aromatic N) is 1.